The highest BCUT2D eigenvalue weighted by Crippen LogP contribution is 2.17. The Morgan fingerprint density at radius 2 is 1.96 bits per heavy atom. The number of ether oxygens (including phenoxy) is 1. The Bertz CT molecular complexity index is 770. The SMILES string of the molecule is CN=C(NCc1cccc(C#N)c1)NCC(C)Oc1ccccc1C.I. The van der Waals surface area contributed by atoms with Crippen molar-refractivity contribution < 1.29 is 4.74 Å². The van der Waals surface area contributed by atoms with E-state index >= 15 is 0 Å². The van der Waals surface area contributed by atoms with Gasteiger partial charge in [-0.25, -0.2) is 0 Å². The molecule has 2 aromatic rings. The number of hydrogen-bond acceptors (Lipinski definition) is 3. The summed E-state index contributed by atoms with van der Waals surface area (Å²) in [6.45, 7) is 5.28. The predicted molar refractivity (Wildman–Crippen MR) is 116 cm³/mol. The smallest absolute Gasteiger partial charge is 0.191 e. The third-order valence-electron chi connectivity index (χ3n) is 3.72. The molecule has 0 saturated carbocycles. The van der Waals surface area contributed by atoms with Crippen LogP contribution in [-0.4, -0.2) is 25.7 Å². The van der Waals surface area contributed by atoms with Crippen LogP contribution in [0.5, 0.6) is 5.75 Å². The quantitative estimate of drug-likeness (QED) is 0.390. The van der Waals surface area contributed by atoms with Gasteiger partial charge in [-0.3, -0.25) is 4.99 Å². The molecule has 2 aromatic carbocycles. The highest BCUT2D eigenvalue weighted by molar-refractivity contribution is 14.0. The lowest BCUT2D eigenvalue weighted by Crippen LogP contribution is -2.41. The lowest BCUT2D eigenvalue weighted by molar-refractivity contribution is 0.222. The van der Waals surface area contributed by atoms with Gasteiger partial charge < -0.3 is 15.4 Å². The van der Waals surface area contributed by atoms with Crippen molar-refractivity contribution in [1.82, 2.24) is 10.6 Å². The molecule has 26 heavy (non-hydrogen) atoms. The second-order valence-corrected chi connectivity index (χ2v) is 5.81. The number of hydrogen-bond donors (Lipinski definition) is 2. The summed E-state index contributed by atoms with van der Waals surface area (Å²) in [5.41, 5.74) is 2.81. The molecular formula is C20H25IN4O. The first-order valence-electron chi connectivity index (χ1n) is 8.28. The fourth-order valence-electron chi connectivity index (χ4n) is 2.34. The van der Waals surface area contributed by atoms with Gasteiger partial charge in [0.1, 0.15) is 11.9 Å². The van der Waals surface area contributed by atoms with Gasteiger partial charge >= 0.3 is 0 Å². The van der Waals surface area contributed by atoms with E-state index in [0.717, 1.165) is 16.9 Å². The van der Waals surface area contributed by atoms with Crippen molar-refractivity contribution in [2.24, 2.45) is 4.99 Å². The molecule has 0 heterocycles. The molecule has 0 saturated heterocycles. The van der Waals surface area contributed by atoms with Crippen LogP contribution in [0.4, 0.5) is 0 Å². The van der Waals surface area contributed by atoms with Crippen LogP contribution in [0.3, 0.4) is 0 Å². The number of aryl methyl sites for hydroxylation is 1. The second kappa shape index (κ2) is 11.4. The van der Waals surface area contributed by atoms with Gasteiger partial charge in [-0.15, -0.1) is 24.0 Å². The van der Waals surface area contributed by atoms with E-state index in [1.807, 2.05) is 56.3 Å². The number of nitrogens with zero attached hydrogens (tertiary/aromatic N) is 2. The molecule has 2 N–H and O–H groups in total. The molecule has 0 fully saturated rings. The standard InChI is InChI=1S/C20H24N4O.HI/c1-15-7-4-5-10-19(15)25-16(2)13-23-20(22-3)24-14-18-9-6-8-17(11-18)12-21;/h4-11,16H,13-14H2,1-3H3,(H2,22,23,24);1H. The van der Waals surface area contributed by atoms with Gasteiger partial charge in [0.15, 0.2) is 5.96 Å². The van der Waals surface area contributed by atoms with Crippen molar-refractivity contribution in [3.63, 3.8) is 0 Å². The molecule has 5 nitrogen and oxygen atoms in total. The Labute approximate surface area is 172 Å². The first kappa shape index (κ1) is 21.8. The Kier molecular flexibility index (Phi) is 9.52. The Hall–Kier alpha value is -2.27. The van der Waals surface area contributed by atoms with Crippen LogP contribution in [0, 0.1) is 18.3 Å². The summed E-state index contributed by atoms with van der Waals surface area (Å²) >= 11 is 0. The lowest BCUT2D eigenvalue weighted by atomic mass is 10.1. The molecule has 0 radical (unpaired) electrons. The van der Waals surface area contributed by atoms with Crippen molar-refractivity contribution in [3.05, 3.63) is 65.2 Å². The average Bonchev–Trinajstić information content (AvgIpc) is 2.64. The molecule has 0 aliphatic rings. The van der Waals surface area contributed by atoms with Gasteiger partial charge in [-0.1, -0.05) is 30.3 Å². The minimum absolute atomic E-state index is 0. The van der Waals surface area contributed by atoms with Crippen molar-refractivity contribution in [3.8, 4) is 11.8 Å². The number of halogens is 1. The number of benzene rings is 2. The molecule has 1 unspecified atom stereocenters. The van der Waals surface area contributed by atoms with Crippen molar-refractivity contribution >= 4 is 29.9 Å². The summed E-state index contributed by atoms with van der Waals surface area (Å²) in [6.07, 6.45) is 0.00145. The first-order valence-corrected chi connectivity index (χ1v) is 8.28. The summed E-state index contributed by atoms with van der Waals surface area (Å²) < 4.78 is 5.95. The zero-order valence-corrected chi connectivity index (χ0v) is 17.7. The largest absolute Gasteiger partial charge is 0.489 e. The monoisotopic (exact) mass is 464 g/mol. The fourth-order valence-corrected chi connectivity index (χ4v) is 2.34. The maximum Gasteiger partial charge on any atom is 0.191 e. The van der Waals surface area contributed by atoms with Crippen LogP contribution in [0.15, 0.2) is 53.5 Å². The van der Waals surface area contributed by atoms with Crippen LogP contribution in [0.25, 0.3) is 0 Å². The molecule has 138 valence electrons. The van der Waals surface area contributed by atoms with Crippen molar-refractivity contribution in [2.75, 3.05) is 13.6 Å². The summed E-state index contributed by atoms with van der Waals surface area (Å²) in [7, 11) is 1.73. The molecule has 0 aliphatic heterocycles. The number of rotatable bonds is 6. The number of guanidine groups is 1. The van der Waals surface area contributed by atoms with E-state index < -0.39 is 0 Å². The number of aliphatic imine (C=N–C) groups is 1. The van der Waals surface area contributed by atoms with Gasteiger partial charge in [-0.05, 0) is 43.2 Å². The predicted octanol–water partition coefficient (Wildman–Crippen LogP) is 3.62. The zero-order valence-electron chi connectivity index (χ0n) is 15.3. The van der Waals surface area contributed by atoms with E-state index in [4.69, 9.17) is 10.00 Å². The molecule has 0 amide bonds. The normalized spacial score (nSPS) is 11.7. The highest BCUT2D eigenvalue weighted by Gasteiger charge is 2.07. The molecular weight excluding hydrogens is 439 g/mol. The van der Waals surface area contributed by atoms with Crippen LogP contribution in [0.1, 0.15) is 23.6 Å². The Balaban J connectivity index is 0.00000338. The molecule has 0 spiro atoms. The van der Waals surface area contributed by atoms with Gasteiger partial charge in [0, 0.05) is 13.6 Å². The van der Waals surface area contributed by atoms with Crippen LogP contribution in [-0.2, 0) is 6.54 Å². The Morgan fingerprint density at radius 3 is 2.65 bits per heavy atom. The third kappa shape index (κ3) is 6.92. The zero-order chi connectivity index (χ0) is 18.1. The van der Waals surface area contributed by atoms with Gasteiger partial charge in [0.05, 0.1) is 18.2 Å². The maximum absolute atomic E-state index is 8.95. The van der Waals surface area contributed by atoms with Crippen molar-refractivity contribution in [2.45, 2.75) is 26.5 Å². The minimum atomic E-state index is 0. The summed E-state index contributed by atoms with van der Waals surface area (Å²) in [5, 5.41) is 15.4. The summed E-state index contributed by atoms with van der Waals surface area (Å²) in [5.74, 6) is 1.59. The van der Waals surface area contributed by atoms with Gasteiger partial charge in [0.25, 0.3) is 0 Å². The second-order valence-electron chi connectivity index (χ2n) is 5.81. The molecule has 0 bridgehead atoms. The fraction of sp³-hybridized carbons (Fsp3) is 0.300. The van der Waals surface area contributed by atoms with E-state index in [1.54, 1.807) is 13.1 Å². The number of nitrogens with one attached hydrogen (secondary N) is 2. The van der Waals surface area contributed by atoms with Crippen LogP contribution in [0.2, 0.25) is 0 Å². The van der Waals surface area contributed by atoms with Crippen LogP contribution < -0.4 is 15.4 Å². The van der Waals surface area contributed by atoms with E-state index in [2.05, 4.69) is 21.7 Å². The first-order chi connectivity index (χ1) is 12.1. The van der Waals surface area contributed by atoms with E-state index in [9.17, 15) is 0 Å². The van der Waals surface area contributed by atoms with Gasteiger partial charge in [0.2, 0.25) is 0 Å². The van der Waals surface area contributed by atoms with Crippen molar-refractivity contribution in [1.29, 1.82) is 5.26 Å². The lowest BCUT2D eigenvalue weighted by Gasteiger charge is -2.18. The van der Waals surface area contributed by atoms with E-state index in [-0.39, 0.29) is 30.1 Å². The van der Waals surface area contributed by atoms with E-state index in [0.29, 0.717) is 24.6 Å². The molecule has 2 rings (SSSR count). The van der Waals surface area contributed by atoms with Crippen LogP contribution >= 0.6 is 24.0 Å². The third-order valence-corrected chi connectivity index (χ3v) is 3.72. The highest BCUT2D eigenvalue weighted by atomic mass is 127. The summed E-state index contributed by atoms with van der Waals surface area (Å²) in [6, 6.07) is 17.6. The summed E-state index contributed by atoms with van der Waals surface area (Å²) in [4.78, 5) is 4.22. The number of nitriles is 1. The van der Waals surface area contributed by atoms with Gasteiger partial charge in [-0.2, -0.15) is 5.26 Å². The maximum atomic E-state index is 8.95. The number of para-hydroxylation sites is 1. The van der Waals surface area contributed by atoms with E-state index in [1.165, 1.54) is 0 Å². The Morgan fingerprint density at radius 1 is 1.19 bits per heavy atom. The topological polar surface area (TPSA) is 69.4 Å². The molecule has 0 aromatic heterocycles. The average molecular weight is 464 g/mol. The minimum Gasteiger partial charge on any atom is -0.489 e. The molecule has 0 aliphatic carbocycles. The molecule has 6 heteroatoms. The molecule has 1 atom stereocenters.